The van der Waals surface area contributed by atoms with Crippen molar-refractivity contribution in [2.45, 2.75) is 31.2 Å². The fourth-order valence-electron chi connectivity index (χ4n) is 2.45. The minimum Gasteiger partial charge on any atom is -0.366 e. The molecule has 0 saturated carbocycles. The maximum Gasteiger partial charge on any atom is 0.173 e. The molecule has 4 atom stereocenters. The van der Waals surface area contributed by atoms with E-state index in [1.165, 1.54) is 5.56 Å². The van der Waals surface area contributed by atoms with Gasteiger partial charge >= 0.3 is 0 Å². The highest BCUT2D eigenvalue weighted by atomic mass is 16.6. The normalized spacial score (nSPS) is 37.7. The van der Waals surface area contributed by atoms with E-state index in [1.807, 2.05) is 6.07 Å². The van der Waals surface area contributed by atoms with Crippen molar-refractivity contribution in [1.29, 1.82) is 0 Å². The Bertz CT molecular complexity index is 341. The Balaban J connectivity index is 1.53. The van der Waals surface area contributed by atoms with Gasteiger partial charge in [-0.15, -0.1) is 0 Å². The van der Waals surface area contributed by atoms with Gasteiger partial charge in [0.2, 0.25) is 0 Å². The SMILES string of the molecule is O[C@@H]1OCN2[C@H]1[C@H]2CCc1ccccc1. The number of aliphatic hydroxyl groups is 1. The van der Waals surface area contributed by atoms with Crippen LogP contribution in [0.3, 0.4) is 0 Å². The van der Waals surface area contributed by atoms with Gasteiger partial charge < -0.3 is 9.84 Å². The van der Waals surface area contributed by atoms with Crippen molar-refractivity contribution in [2.24, 2.45) is 0 Å². The fraction of sp³-hybridized carbons (Fsp3) is 0.500. The number of aliphatic hydroxyl groups excluding tert-OH is 1. The summed E-state index contributed by atoms with van der Waals surface area (Å²) < 4.78 is 5.08. The van der Waals surface area contributed by atoms with Gasteiger partial charge in [-0.05, 0) is 18.4 Å². The number of benzene rings is 1. The van der Waals surface area contributed by atoms with Crippen LogP contribution in [0.1, 0.15) is 12.0 Å². The van der Waals surface area contributed by atoms with Gasteiger partial charge in [0, 0.05) is 6.04 Å². The minimum absolute atomic E-state index is 0.272. The fourth-order valence-corrected chi connectivity index (χ4v) is 2.45. The topological polar surface area (TPSA) is 32.5 Å². The van der Waals surface area contributed by atoms with Crippen LogP contribution in [0.2, 0.25) is 0 Å². The number of ether oxygens (including phenoxy) is 1. The highest BCUT2D eigenvalue weighted by Gasteiger charge is 2.56. The van der Waals surface area contributed by atoms with E-state index in [9.17, 15) is 5.11 Å². The number of aryl methyl sites for hydroxylation is 1. The molecule has 1 unspecified atom stereocenters. The number of nitrogens with zero attached hydrogens (tertiary/aromatic N) is 1. The molecule has 0 amide bonds. The van der Waals surface area contributed by atoms with E-state index in [0.29, 0.717) is 12.8 Å². The predicted octanol–water partition coefficient (Wildman–Crippen LogP) is 0.978. The molecule has 1 aromatic carbocycles. The predicted molar refractivity (Wildman–Crippen MR) is 56.1 cm³/mol. The van der Waals surface area contributed by atoms with Gasteiger partial charge in [-0.2, -0.15) is 0 Å². The summed E-state index contributed by atoms with van der Waals surface area (Å²) in [5, 5.41) is 9.44. The quantitative estimate of drug-likeness (QED) is 0.746. The maximum atomic E-state index is 9.44. The first-order valence-corrected chi connectivity index (χ1v) is 5.45. The van der Waals surface area contributed by atoms with E-state index >= 15 is 0 Å². The van der Waals surface area contributed by atoms with Crippen molar-refractivity contribution >= 4 is 0 Å². The second-order valence-electron chi connectivity index (χ2n) is 4.28. The summed E-state index contributed by atoms with van der Waals surface area (Å²) in [6.45, 7) is 0.602. The Morgan fingerprint density at radius 1 is 1.33 bits per heavy atom. The zero-order valence-corrected chi connectivity index (χ0v) is 8.54. The lowest BCUT2D eigenvalue weighted by atomic mass is 10.1. The van der Waals surface area contributed by atoms with E-state index < -0.39 is 6.29 Å². The van der Waals surface area contributed by atoms with Crippen LogP contribution in [0.4, 0.5) is 0 Å². The average molecular weight is 205 g/mol. The molecule has 0 radical (unpaired) electrons. The first-order chi connectivity index (χ1) is 7.36. The molecular weight excluding hydrogens is 190 g/mol. The molecule has 3 heteroatoms. The van der Waals surface area contributed by atoms with Crippen molar-refractivity contribution < 1.29 is 9.84 Å². The third kappa shape index (κ3) is 1.67. The number of fused-ring (bicyclic) bond motifs is 1. The zero-order valence-electron chi connectivity index (χ0n) is 8.54. The van der Waals surface area contributed by atoms with Crippen molar-refractivity contribution in [3.8, 4) is 0 Å². The number of hydrogen-bond acceptors (Lipinski definition) is 3. The Kier molecular flexibility index (Phi) is 2.24. The average Bonchev–Trinajstić information content (AvgIpc) is 2.85. The van der Waals surface area contributed by atoms with E-state index in [2.05, 4.69) is 29.2 Å². The lowest BCUT2D eigenvalue weighted by molar-refractivity contribution is -0.0770. The van der Waals surface area contributed by atoms with Crippen LogP contribution in [-0.4, -0.2) is 35.1 Å². The smallest absolute Gasteiger partial charge is 0.173 e. The first-order valence-electron chi connectivity index (χ1n) is 5.45. The molecule has 15 heavy (non-hydrogen) atoms. The van der Waals surface area contributed by atoms with Crippen LogP contribution < -0.4 is 0 Å². The molecule has 2 heterocycles. The molecule has 2 aliphatic heterocycles. The van der Waals surface area contributed by atoms with E-state index in [4.69, 9.17) is 4.74 Å². The molecule has 0 bridgehead atoms. The Morgan fingerprint density at radius 3 is 2.80 bits per heavy atom. The molecule has 3 rings (SSSR count). The molecule has 80 valence electrons. The van der Waals surface area contributed by atoms with E-state index in [0.717, 1.165) is 12.8 Å². The highest BCUT2D eigenvalue weighted by molar-refractivity contribution is 5.16. The summed E-state index contributed by atoms with van der Waals surface area (Å²) in [4.78, 5) is 2.22. The van der Waals surface area contributed by atoms with Crippen LogP contribution in [0.5, 0.6) is 0 Å². The van der Waals surface area contributed by atoms with Crippen LogP contribution in [-0.2, 0) is 11.2 Å². The van der Waals surface area contributed by atoms with Gasteiger partial charge in [0.25, 0.3) is 0 Å². The Morgan fingerprint density at radius 2 is 2.13 bits per heavy atom. The van der Waals surface area contributed by atoms with Gasteiger partial charge in [0.1, 0.15) is 6.73 Å². The third-order valence-electron chi connectivity index (χ3n) is 3.37. The molecule has 1 aromatic rings. The van der Waals surface area contributed by atoms with Crippen LogP contribution in [0, 0.1) is 0 Å². The summed E-state index contributed by atoms with van der Waals surface area (Å²) in [7, 11) is 0. The van der Waals surface area contributed by atoms with Crippen LogP contribution in [0.25, 0.3) is 0 Å². The molecule has 2 fully saturated rings. The van der Waals surface area contributed by atoms with Gasteiger partial charge in [0.15, 0.2) is 6.29 Å². The summed E-state index contributed by atoms with van der Waals surface area (Å²) in [6, 6.07) is 11.3. The lowest BCUT2D eigenvalue weighted by Crippen LogP contribution is -2.18. The molecule has 0 aromatic heterocycles. The highest BCUT2D eigenvalue weighted by Crippen LogP contribution is 2.39. The molecule has 3 nitrogen and oxygen atoms in total. The van der Waals surface area contributed by atoms with Crippen molar-refractivity contribution in [2.75, 3.05) is 6.73 Å². The lowest BCUT2D eigenvalue weighted by Gasteiger charge is -2.07. The third-order valence-corrected chi connectivity index (χ3v) is 3.37. The van der Waals surface area contributed by atoms with E-state index in [-0.39, 0.29) is 6.04 Å². The standard InChI is InChI=1S/C12H15NO2/c14-12-11-10(13(11)8-15-12)7-6-9-4-2-1-3-5-9/h1-5,10-12,14H,6-8H2/t10-,11+,12-,13?/m1/s1. The van der Waals surface area contributed by atoms with Gasteiger partial charge in [-0.1, -0.05) is 30.3 Å². The molecule has 2 aliphatic rings. The van der Waals surface area contributed by atoms with Gasteiger partial charge in [0.05, 0.1) is 6.04 Å². The molecular formula is C12H15NO2. The number of hydrogen-bond donors (Lipinski definition) is 1. The largest absolute Gasteiger partial charge is 0.366 e. The van der Waals surface area contributed by atoms with Gasteiger partial charge in [-0.3, -0.25) is 4.90 Å². The Labute approximate surface area is 89.3 Å². The van der Waals surface area contributed by atoms with Crippen molar-refractivity contribution in [1.82, 2.24) is 4.90 Å². The van der Waals surface area contributed by atoms with Gasteiger partial charge in [-0.25, -0.2) is 0 Å². The molecule has 2 saturated heterocycles. The number of rotatable bonds is 3. The van der Waals surface area contributed by atoms with Crippen LogP contribution >= 0.6 is 0 Å². The minimum atomic E-state index is -0.550. The zero-order chi connectivity index (χ0) is 10.3. The maximum absolute atomic E-state index is 9.44. The monoisotopic (exact) mass is 205 g/mol. The van der Waals surface area contributed by atoms with Crippen LogP contribution in [0.15, 0.2) is 30.3 Å². The summed E-state index contributed by atoms with van der Waals surface area (Å²) in [5.74, 6) is 0. The first kappa shape index (κ1) is 9.33. The second-order valence-corrected chi connectivity index (χ2v) is 4.28. The molecule has 0 aliphatic carbocycles. The summed E-state index contributed by atoms with van der Waals surface area (Å²) in [6.07, 6.45) is 1.66. The van der Waals surface area contributed by atoms with E-state index in [1.54, 1.807) is 0 Å². The van der Waals surface area contributed by atoms with Crippen molar-refractivity contribution in [3.05, 3.63) is 35.9 Å². The second kappa shape index (κ2) is 3.59. The molecule has 1 N–H and O–H groups in total. The summed E-state index contributed by atoms with van der Waals surface area (Å²) in [5.41, 5.74) is 1.37. The summed E-state index contributed by atoms with van der Waals surface area (Å²) >= 11 is 0. The molecule has 0 spiro atoms. The van der Waals surface area contributed by atoms with Crippen molar-refractivity contribution in [3.63, 3.8) is 0 Å². The Hall–Kier alpha value is -0.900.